The van der Waals surface area contributed by atoms with Crippen LogP contribution in [-0.4, -0.2) is 36.3 Å². The third-order valence-corrected chi connectivity index (χ3v) is 2.26. The predicted molar refractivity (Wildman–Crippen MR) is 49.1 cm³/mol. The molecule has 1 aliphatic rings. The van der Waals surface area contributed by atoms with E-state index in [2.05, 4.69) is 5.32 Å². The Bertz CT molecular complexity index is 200. The van der Waals surface area contributed by atoms with E-state index in [4.69, 9.17) is 0 Å². The summed E-state index contributed by atoms with van der Waals surface area (Å²) in [6, 6.07) is -0.0229. The van der Waals surface area contributed by atoms with Gasteiger partial charge in [0.05, 0.1) is 0 Å². The second-order valence-corrected chi connectivity index (χ2v) is 3.42. The third kappa shape index (κ3) is 2.28. The van der Waals surface area contributed by atoms with Crippen molar-refractivity contribution >= 4 is 11.8 Å². The van der Waals surface area contributed by atoms with Crippen LogP contribution in [0.4, 0.5) is 0 Å². The quantitative estimate of drug-likeness (QED) is 0.634. The number of likely N-dealkylation sites (N-methyl/N-ethyl adjacent to an activating group) is 1. The van der Waals surface area contributed by atoms with Gasteiger partial charge in [0.2, 0.25) is 11.8 Å². The zero-order valence-corrected chi connectivity index (χ0v) is 8.17. The van der Waals surface area contributed by atoms with Crippen LogP contribution in [0.15, 0.2) is 0 Å². The van der Waals surface area contributed by atoms with Gasteiger partial charge in [0.15, 0.2) is 0 Å². The zero-order chi connectivity index (χ0) is 9.84. The molecular formula is C9H16N2O2. The molecule has 0 aromatic carbocycles. The van der Waals surface area contributed by atoms with Crippen molar-refractivity contribution in [2.24, 2.45) is 0 Å². The Balaban J connectivity index is 2.62. The molecule has 4 heteroatoms. The number of piperidine rings is 1. The van der Waals surface area contributed by atoms with Gasteiger partial charge in [-0.2, -0.15) is 0 Å². The van der Waals surface area contributed by atoms with E-state index in [9.17, 15) is 9.59 Å². The highest BCUT2D eigenvalue weighted by molar-refractivity contribution is 5.97. The van der Waals surface area contributed by atoms with Crippen LogP contribution in [-0.2, 0) is 9.59 Å². The lowest BCUT2D eigenvalue weighted by molar-refractivity contribution is -0.150. The monoisotopic (exact) mass is 184 g/mol. The maximum atomic E-state index is 11.4. The molecule has 1 aliphatic heterocycles. The van der Waals surface area contributed by atoms with Gasteiger partial charge in [-0.05, 0) is 20.4 Å². The molecule has 0 saturated carbocycles. The zero-order valence-electron chi connectivity index (χ0n) is 8.17. The second-order valence-electron chi connectivity index (χ2n) is 3.42. The Morgan fingerprint density at radius 3 is 2.38 bits per heavy atom. The Morgan fingerprint density at radius 2 is 1.92 bits per heavy atom. The minimum absolute atomic E-state index is 0.0229. The van der Waals surface area contributed by atoms with Crippen LogP contribution < -0.4 is 5.32 Å². The number of amides is 2. The minimum atomic E-state index is -0.0287. The van der Waals surface area contributed by atoms with Crippen molar-refractivity contribution < 1.29 is 9.59 Å². The summed E-state index contributed by atoms with van der Waals surface area (Å²) in [6.07, 6.45) is 1.74. The summed E-state index contributed by atoms with van der Waals surface area (Å²) < 4.78 is 0. The summed E-state index contributed by atoms with van der Waals surface area (Å²) in [7, 11) is 1.81. The summed E-state index contributed by atoms with van der Waals surface area (Å²) in [5.41, 5.74) is 0. The van der Waals surface area contributed by atoms with Gasteiger partial charge in [0, 0.05) is 25.4 Å². The number of likely N-dealkylation sites (tertiary alicyclic amines) is 1. The summed E-state index contributed by atoms with van der Waals surface area (Å²) >= 11 is 0. The van der Waals surface area contributed by atoms with Crippen molar-refractivity contribution in [3.05, 3.63) is 0 Å². The molecule has 13 heavy (non-hydrogen) atoms. The second kappa shape index (κ2) is 4.37. The molecule has 0 spiro atoms. The van der Waals surface area contributed by atoms with E-state index < -0.39 is 0 Å². The van der Waals surface area contributed by atoms with Gasteiger partial charge in [-0.1, -0.05) is 0 Å². The van der Waals surface area contributed by atoms with Gasteiger partial charge in [-0.15, -0.1) is 0 Å². The first-order valence-electron chi connectivity index (χ1n) is 4.66. The van der Waals surface area contributed by atoms with Crippen molar-refractivity contribution in [1.82, 2.24) is 10.2 Å². The standard InChI is InChI=1S/C9H16N2O2/c1-7(6-10-2)11-8(12)4-3-5-9(11)13/h7,10H,3-6H2,1-2H3. The topological polar surface area (TPSA) is 49.4 Å². The van der Waals surface area contributed by atoms with E-state index in [1.807, 2.05) is 14.0 Å². The number of hydrogen-bond donors (Lipinski definition) is 1. The maximum Gasteiger partial charge on any atom is 0.229 e. The van der Waals surface area contributed by atoms with Crippen LogP contribution in [0.5, 0.6) is 0 Å². The number of carbonyl (C=O) groups excluding carboxylic acids is 2. The number of carbonyl (C=O) groups is 2. The number of rotatable bonds is 3. The van der Waals surface area contributed by atoms with E-state index in [1.54, 1.807) is 0 Å². The lowest BCUT2D eigenvalue weighted by atomic mass is 10.1. The Morgan fingerprint density at radius 1 is 1.38 bits per heavy atom. The molecule has 1 atom stereocenters. The van der Waals surface area contributed by atoms with Crippen LogP contribution in [0.1, 0.15) is 26.2 Å². The summed E-state index contributed by atoms with van der Waals surface area (Å²) in [4.78, 5) is 24.2. The van der Waals surface area contributed by atoms with Crippen molar-refractivity contribution in [3.63, 3.8) is 0 Å². The number of hydrogen-bond acceptors (Lipinski definition) is 3. The van der Waals surface area contributed by atoms with E-state index in [0.29, 0.717) is 25.8 Å². The number of nitrogens with one attached hydrogen (secondary N) is 1. The molecule has 0 bridgehead atoms. The van der Waals surface area contributed by atoms with Gasteiger partial charge < -0.3 is 5.32 Å². The molecule has 0 aromatic rings. The molecule has 0 aliphatic carbocycles. The molecule has 4 nitrogen and oxygen atoms in total. The predicted octanol–water partition coefficient (Wildman–Crippen LogP) is 0.133. The van der Waals surface area contributed by atoms with Crippen molar-refractivity contribution in [1.29, 1.82) is 0 Å². The minimum Gasteiger partial charge on any atom is -0.318 e. The molecule has 1 heterocycles. The normalized spacial score (nSPS) is 20.6. The fraction of sp³-hybridized carbons (Fsp3) is 0.778. The molecule has 2 amide bonds. The van der Waals surface area contributed by atoms with E-state index in [1.165, 1.54) is 4.90 Å². The molecule has 1 saturated heterocycles. The molecule has 0 aromatic heterocycles. The largest absolute Gasteiger partial charge is 0.318 e. The highest BCUT2D eigenvalue weighted by Gasteiger charge is 2.29. The average molecular weight is 184 g/mol. The average Bonchev–Trinajstić information content (AvgIpc) is 2.04. The third-order valence-electron chi connectivity index (χ3n) is 2.26. The van der Waals surface area contributed by atoms with E-state index in [-0.39, 0.29) is 17.9 Å². The van der Waals surface area contributed by atoms with Crippen LogP contribution in [0.25, 0.3) is 0 Å². The summed E-state index contributed by atoms with van der Waals surface area (Å²) in [5.74, 6) is -0.0574. The number of imide groups is 1. The first kappa shape index (κ1) is 10.2. The Labute approximate surface area is 78.3 Å². The lowest BCUT2D eigenvalue weighted by Crippen LogP contribution is -2.49. The van der Waals surface area contributed by atoms with Crippen LogP contribution >= 0.6 is 0 Å². The van der Waals surface area contributed by atoms with Gasteiger partial charge in [-0.25, -0.2) is 0 Å². The van der Waals surface area contributed by atoms with Crippen LogP contribution in [0.3, 0.4) is 0 Å². The fourth-order valence-corrected chi connectivity index (χ4v) is 1.65. The van der Waals surface area contributed by atoms with Gasteiger partial charge in [0.1, 0.15) is 0 Å². The molecule has 0 radical (unpaired) electrons. The lowest BCUT2D eigenvalue weighted by Gasteiger charge is -2.30. The van der Waals surface area contributed by atoms with Crippen molar-refractivity contribution in [3.8, 4) is 0 Å². The molecule has 1 fully saturated rings. The number of nitrogens with zero attached hydrogens (tertiary/aromatic N) is 1. The maximum absolute atomic E-state index is 11.4. The van der Waals surface area contributed by atoms with Gasteiger partial charge in [-0.3, -0.25) is 14.5 Å². The first-order chi connectivity index (χ1) is 6.16. The molecular weight excluding hydrogens is 168 g/mol. The molecule has 74 valence electrons. The van der Waals surface area contributed by atoms with Crippen molar-refractivity contribution in [2.45, 2.75) is 32.2 Å². The van der Waals surface area contributed by atoms with Crippen molar-refractivity contribution in [2.75, 3.05) is 13.6 Å². The Hall–Kier alpha value is -0.900. The Kier molecular flexibility index (Phi) is 3.42. The first-order valence-corrected chi connectivity index (χ1v) is 4.66. The summed E-state index contributed by atoms with van der Waals surface area (Å²) in [5, 5.41) is 2.96. The van der Waals surface area contributed by atoms with E-state index in [0.717, 1.165) is 0 Å². The molecule has 1 N–H and O–H groups in total. The highest BCUT2D eigenvalue weighted by Crippen LogP contribution is 2.14. The summed E-state index contributed by atoms with van der Waals surface area (Å²) in [6.45, 7) is 2.55. The molecule has 1 rings (SSSR count). The highest BCUT2D eigenvalue weighted by atomic mass is 16.2. The molecule has 1 unspecified atom stereocenters. The fourth-order valence-electron chi connectivity index (χ4n) is 1.65. The van der Waals surface area contributed by atoms with Crippen LogP contribution in [0, 0.1) is 0 Å². The smallest absolute Gasteiger partial charge is 0.229 e. The van der Waals surface area contributed by atoms with E-state index >= 15 is 0 Å². The van der Waals surface area contributed by atoms with Crippen LogP contribution in [0.2, 0.25) is 0 Å². The SMILES string of the molecule is CNCC(C)N1C(=O)CCCC1=O. The van der Waals surface area contributed by atoms with Gasteiger partial charge in [0.25, 0.3) is 0 Å². The van der Waals surface area contributed by atoms with Gasteiger partial charge >= 0.3 is 0 Å².